The number of hydrogen-bond donors (Lipinski definition) is 1. The van der Waals surface area contributed by atoms with Crippen LogP contribution in [-0.4, -0.2) is 8.41 Å². The number of rotatable bonds is 1. The van der Waals surface area contributed by atoms with Crippen LogP contribution in [-0.2, 0) is 6.54 Å². The highest BCUT2D eigenvalue weighted by Crippen LogP contribution is 1.94. The van der Waals surface area contributed by atoms with Crippen molar-refractivity contribution in [2.75, 3.05) is 0 Å². The molecule has 2 N–H and O–H groups in total. The van der Waals surface area contributed by atoms with E-state index in [2.05, 4.69) is 0 Å². The van der Waals surface area contributed by atoms with E-state index in [0.717, 1.165) is 0 Å². The predicted molar refractivity (Wildman–Crippen MR) is 42.6 cm³/mol. The molecule has 10 heavy (non-hydrogen) atoms. The van der Waals surface area contributed by atoms with E-state index in [1.54, 1.807) is 0 Å². The maximum absolute atomic E-state index is 5.35. The molecule has 0 aromatic heterocycles. The largest absolute Gasteiger partial charge is 0.326 e. The lowest BCUT2D eigenvalue weighted by molar-refractivity contribution is 1.07. The molecule has 0 fully saturated rings. The summed E-state index contributed by atoms with van der Waals surface area (Å²) in [5, 5.41) is 0. The van der Waals surface area contributed by atoms with Gasteiger partial charge in [0.2, 0.25) is 0 Å². The molecule has 53 valence electrons. The normalized spacial score (nSPS) is 7.30. The molecule has 0 bridgehead atoms. The Morgan fingerprint density at radius 3 is 1.90 bits per heavy atom. The Morgan fingerprint density at radius 2 is 1.60 bits per heavy atom. The highest BCUT2D eigenvalue weighted by atomic mass is 19.0. The first-order valence-corrected chi connectivity index (χ1v) is 2.67. The van der Waals surface area contributed by atoms with Crippen molar-refractivity contribution in [2.24, 2.45) is 5.73 Å². The minimum absolute atomic E-state index is 0. The fraction of sp³-hybridized carbons (Fsp3) is 0.143. The average molecular weight is 138 g/mol. The summed E-state index contributed by atoms with van der Waals surface area (Å²) in [5.41, 5.74) is 6.54. The lowest BCUT2D eigenvalue weighted by atomic mass is 10.2. The van der Waals surface area contributed by atoms with Gasteiger partial charge in [-0.25, -0.2) is 0 Å². The average Bonchev–Trinajstić information content (AvgIpc) is 1.90. The summed E-state index contributed by atoms with van der Waals surface area (Å²) in [6, 6.07) is 9.99. The van der Waals surface area contributed by atoms with Gasteiger partial charge in [0.05, 0.1) is 0 Å². The molecule has 0 heterocycles. The fourth-order valence-electron chi connectivity index (χ4n) is 0.614. The minimum atomic E-state index is 0. The molecular weight excluding hydrogens is 128 g/mol. The summed E-state index contributed by atoms with van der Waals surface area (Å²) >= 11 is 0. The van der Waals surface area contributed by atoms with Crippen LogP contribution in [0.4, 0.5) is 4.70 Å². The quantitative estimate of drug-likeness (QED) is 0.573. The van der Waals surface area contributed by atoms with Crippen LogP contribution in [0.1, 0.15) is 5.56 Å². The molecule has 0 aliphatic rings. The van der Waals surface area contributed by atoms with Crippen molar-refractivity contribution in [2.45, 2.75) is 6.54 Å². The lowest BCUT2D eigenvalue weighted by Gasteiger charge is -1.90. The van der Waals surface area contributed by atoms with Crippen molar-refractivity contribution >= 4 is 8.41 Å². The molecule has 3 heteroatoms. The molecule has 0 saturated heterocycles. The molecule has 1 aromatic carbocycles. The summed E-state index contributed by atoms with van der Waals surface area (Å²) < 4.78 is 0. The van der Waals surface area contributed by atoms with Crippen molar-refractivity contribution in [1.82, 2.24) is 0 Å². The lowest BCUT2D eigenvalue weighted by Crippen LogP contribution is -1.94. The van der Waals surface area contributed by atoms with E-state index in [-0.39, 0.29) is 13.1 Å². The highest BCUT2D eigenvalue weighted by molar-refractivity contribution is 5.75. The van der Waals surface area contributed by atoms with E-state index >= 15 is 0 Å². The van der Waals surface area contributed by atoms with Crippen LogP contribution in [0.3, 0.4) is 0 Å². The van der Waals surface area contributed by atoms with Crippen LogP contribution >= 0.6 is 0 Å². The summed E-state index contributed by atoms with van der Waals surface area (Å²) in [7, 11) is 0. The second-order valence-corrected chi connectivity index (χ2v) is 1.69. The summed E-state index contributed by atoms with van der Waals surface area (Å²) in [6.45, 7) is 0.640. The standard InChI is InChI=1S/C7H9N.B.FH/c8-6-7-4-2-1-3-5-7;;/h1-5H,6,8H2;;1H. The van der Waals surface area contributed by atoms with Gasteiger partial charge >= 0.3 is 0 Å². The number of halogens is 1. The van der Waals surface area contributed by atoms with E-state index < -0.39 is 0 Å². The van der Waals surface area contributed by atoms with Crippen LogP contribution in [0.2, 0.25) is 0 Å². The van der Waals surface area contributed by atoms with Crippen LogP contribution < -0.4 is 5.73 Å². The van der Waals surface area contributed by atoms with Crippen molar-refractivity contribution < 1.29 is 4.70 Å². The Balaban J connectivity index is 0. The highest BCUT2D eigenvalue weighted by Gasteiger charge is 1.80. The van der Waals surface area contributed by atoms with Crippen LogP contribution in [0.5, 0.6) is 0 Å². The number of benzene rings is 1. The monoisotopic (exact) mass is 138 g/mol. The van der Waals surface area contributed by atoms with Gasteiger partial charge in [0.25, 0.3) is 0 Å². The Hall–Kier alpha value is -0.825. The van der Waals surface area contributed by atoms with Gasteiger partial charge in [-0.05, 0) is 5.56 Å². The first kappa shape index (κ1) is 11.9. The Kier molecular flexibility index (Phi) is 7.50. The Morgan fingerprint density at radius 1 is 1.10 bits per heavy atom. The third-order valence-corrected chi connectivity index (χ3v) is 1.08. The van der Waals surface area contributed by atoms with E-state index in [9.17, 15) is 0 Å². The fourth-order valence-corrected chi connectivity index (χ4v) is 0.614. The smallest absolute Gasteiger partial charge is 0.0178 e. The van der Waals surface area contributed by atoms with E-state index in [0.29, 0.717) is 6.54 Å². The third-order valence-electron chi connectivity index (χ3n) is 1.08. The molecule has 0 amide bonds. The molecule has 1 nitrogen and oxygen atoms in total. The van der Waals surface area contributed by atoms with Crippen molar-refractivity contribution in [3.05, 3.63) is 35.9 Å². The van der Waals surface area contributed by atoms with Gasteiger partial charge < -0.3 is 5.73 Å². The molecule has 0 unspecified atom stereocenters. The van der Waals surface area contributed by atoms with Crippen molar-refractivity contribution in [3.63, 3.8) is 0 Å². The number of hydrogen-bond acceptors (Lipinski definition) is 1. The van der Waals surface area contributed by atoms with Gasteiger partial charge in [-0.1, -0.05) is 30.3 Å². The zero-order valence-corrected chi connectivity index (χ0v) is 5.66. The van der Waals surface area contributed by atoms with Crippen molar-refractivity contribution in [3.8, 4) is 0 Å². The maximum Gasteiger partial charge on any atom is 0.0178 e. The molecule has 3 radical (unpaired) electrons. The van der Waals surface area contributed by atoms with Crippen LogP contribution in [0.15, 0.2) is 30.3 Å². The number of nitrogens with two attached hydrogens (primary N) is 1. The van der Waals surface area contributed by atoms with Gasteiger partial charge in [0.15, 0.2) is 0 Å². The van der Waals surface area contributed by atoms with E-state index in [4.69, 9.17) is 5.73 Å². The summed E-state index contributed by atoms with van der Waals surface area (Å²) in [6.07, 6.45) is 0. The topological polar surface area (TPSA) is 26.0 Å². The molecule has 1 aromatic rings. The second-order valence-electron chi connectivity index (χ2n) is 1.69. The van der Waals surface area contributed by atoms with Gasteiger partial charge in [0.1, 0.15) is 0 Å². The molecule has 0 aliphatic heterocycles. The molecule has 0 aliphatic carbocycles. The zero-order chi connectivity index (χ0) is 5.82. The second kappa shape index (κ2) is 6.30. The van der Waals surface area contributed by atoms with Gasteiger partial charge in [-0.15, -0.1) is 0 Å². The van der Waals surface area contributed by atoms with Gasteiger partial charge in [-0.3, -0.25) is 4.70 Å². The minimum Gasteiger partial charge on any atom is -0.326 e. The summed E-state index contributed by atoms with van der Waals surface area (Å²) in [5.74, 6) is 0. The molecular formula is C7H10BFN. The third kappa shape index (κ3) is 3.25. The van der Waals surface area contributed by atoms with Crippen LogP contribution in [0, 0.1) is 0 Å². The van der Waals surface area contributed by atoms with E-state index in [1.165, 1.54) is 5.56 Å². The maximum atomic E-state index is 5.35. The predicted octanol–water partition coefficient (Wildman–Crippen LogP) is 0.917. The first-order valence-electron chi connectivity index (χ1n) is 2.67. The SMILES string of the molecule is F.NCc1ccccc1.[B]. The zero-order valence-electron chi connectivity index (χ0n) is 5.66. The molecule has 0 saturated carbocycles. The Labute approximate surface area is 62.2 Å². The van der Waals surface area contributed by atoms with Gasteiger partial charge in [-0.2, -0.15) is 0 Å². The summed E-state index contributed by atoms with van der Waals surface area (Å²) in [4.78, 5) is 0. The van der Waals surface area contributed by atoms with Crippen LogP contribution in [0.25, 0.3) is 0 Å². The van der Waals surface area contributed by atoms with E-state index in [1.807, 2.05) is 30.3 Å². The first-order chi connectivity index (χ1) is 3.93. The molecule has 1 rings (SSSR count). The van der Waals surface area contributed by atoms with Gasteiger partial charge in [0, 0.05) is 15.0 Å². The van der Waals surface area contributed by atoms with Crippen molar-refractivity contribution in [1.29, 1.82) is 0 Å². The molecule has 0 spiro atoms. The Bertz CT molecular complexity index is 155. The molecule has 0 atom stereocenters.